The van der Waals surface area contributed by atoms with Crippen molar-refractivity contribution in [1.29, 1.82) is 0 Å². The average Bonchev–Trinajstić information content (AvgIpc) is 3.51. The number of halogens is 1. The lowest BCUT2D eigenvalue weighted by Gasteiger charge is -2.40. The van der Waals surface area contributed by atoms with Crippen LogP contribution in [0.15, 0.2) is 42.5 Å². The third-order valence-corrected chi connectivity index (χ3v) is 5.72. The summed E-state index contributed by atoms with van der Waals surface area (Å²) < 4.78 is 25.2. The molecule has 0 N–H and O–H groups in total. The van der Waals surface area contributed by atoms with Crippen LogP contribution in [-0.4, -0.2) is 31.6 Å². The van der Waals surface area contributed by atoms with Crippen LogP contribution in [0.5, 0.6) is 11.5 Å². The largest absolute Gasteiger partial charge is 0.494 e. The molecule has 0 bridgehead atoms. The molecule has 0 spiro atoms. The first-order valence-electron chi connectivity index (χ1n) is 10.5. The predicted octanol–water partition coefficient (Wildman–Crippen LogP) is 4.96. The van der Waals surface area contributed by atoms with Crippen molar-refractivity contribution in [2.75, 3.05) is 24.6 Å². The summed E-state index contributed by atoms with van der Waals surface area (Å²) in [6, 6.07) is 13.1. The lowest BCUT2D eigenvalue weighted by molar-refractivity contribution is -0.120. The second-order valence-corrected chi connectivity index (χ2v) is 8.11. The summed E-state index contributed by atoms with van der Waals surface area (Å²) >= 11 is 0. The first-order valence-corrected chi connectivity index (χ1v) is 10.5. The molecule has 0 unspecified atom stereocenters. The Morgan fingerprint density at radius 2 is 1.90 bits per heavy atom. The van der Waals surface area contributed by atoms with Gasteiger partial charge in [-0.25, -0.2) is 4.39 Å². The highest BCUT2D eigenvalue weighted by Crippen LogP contribution is 2.34. The predicted molar refractivity (Wildman–Crippen MR) is 111 cm³/mol. The molecule has 2 fully saturated rings. The van der Waals surface area contributed by atoms with Crippen LogP contribution in [0.25, 0.3) is 0 Å². The standard InChI is InChI=1S/C24H28FNO3/c1-3-28-20-10-11-24(22(25)13-20)29-21-14-26(15-21)19-8-6-17(7-9-19)16(2)12-23(27)18-4-5-18/h6-11,13,16,18,21H,3-5,12,14-15H2,1-2H3/t16-/m1/s1. The van der Waals surface area contributed by atoms with Gasteiger partial charge in [0.25, 0.3) is 0 Å². The van der Waals surface area contributed by atoms with E-state index in [9.17, 15) is 9.18 Å². The molecule has 154 valence electrons. The second kappa shape index (κ2) is 8.44. The van der Waals surface area contributed by atoms with Crippen LogP contribution in [0.2, 0.25) is 0 Å². The molecule has 1 heterocycles. The van der Waals surface area contributed by atoms with Crippen molar-refractivity contribution in [2.24, 2.45) is 5.92 Å². The zero-order chi connectivity index (χ0) is 20.4. The van der Waals surface area contributed by atoms with Crippen molar-refractivity contribution < 1.29 is 18.7 Å². The summed E-state index contributed by atoms with van der Waals surface area (Å²) in [5, 5.41) is 0. The minimum atomic E-state index is -0.395. The van der Waals surface area contributed by atoms with Gasteiger partial charge in [0.15, 0.2) is 11.6 Å². The number of benzene rings is 2. The molecule has 4 nitrogen and oxygen atoms in total. The maximum absolute atomic E-state index is 14.1. The molecule has 4 rings (SSSR count). The van der Waals surface area contributed by atoms with E-state index in [1.165, 1.54) is 11.6 Å². The van der Waals surface area contributed by atoms with E-state index in [1.54, 1.807) is 12.1 Å². The highest BCUT2D eigenvalue weighted by molar-refractivity contribution is 5.83. The average molecular weight is 397 g/mol. The molecule has 0 amide bonds. The second-order valence-electron chi connectivity index (χ2n) is 8.11. The van der Waals surface area contributed by atoms with E-state index in [0.29, 0.717) is 30.5 Å². The van der Waals surface area contributed by atoms with Crippen molar-refractivity contribution in [3.63, 3.8) is 0 Å². The molecular formula is C24H28FNO3. The Labute approximate surface area is 171 Å². The van der Waals surface area contributed by atoms with Gasteiger partial charge in [0.05, 0.1) is 19.7 Å². The number of anilines is 1. The lowest BCUT2D eigenvalue weighted by atomic mass is 9.94. The van der Waals surface area contributed by atoms with E-state index >= 15 is 0 Å². The number of ether oxygens (including phenoxy) is 2. The zero-order valence-electron chi connectivity index (χ0n) is 17.1. The SMILES string of the molecule is CCOc1ccc(OC2CN(c3ccc([C@H](C)CC(=O)C4CC4)cc3)C2)c(F)c1. The first kappa shape index (κ1) is 19.7. The van der Waals surface area contributed by atoms with E-state index in [0.717, 1.165) is 31.6 Å². The van der Waals surface area contributed by atoms with Crippen molar-refractivity contribution in [2.45, 2.75) is 45.1 Å². The fourth-order valence-electron chi connectivity index (χ4n) is 3.74. The fourth-order valence-corrected chi connectivity index (χ4v) is 3.74. The molecular weight excluding hydrogens is 369 g/mol. The first-order chi connectivity index (χ1) is 14.0. The van der Waals surface area contributed by atoms with Gasteiger partial charge in [0.1, 0.15) is 17.6 Å². The Balaban J connectivity index is 1.28. The number of rotatable bonds is 9. The molecule has 1 aliphatic heterocycles. The van der Waals surface area contributed by atoms with E-state index in [-0.39, 0.29) is 17.8 Å². The summed E-state index contributed by atoms with van der Waals surface area (Å²) in [6.07, 6.45) is 2.75. The van der Waals surface area contributed by atoms with Crippen molar-refractivity contribution in [1.82, 2.24) is 0 Å². The van der Waals surface area contributed by atoms with Crippen LogP contribution < -0.4 is 14.4 Å². The van der Waals surface area contributed by atoms with Gasteiger partial charge in [-0.3, -0.25) is 4.79 Å². The molecule has 1 saturated heterocycles. The van der Waals surface area contributed by atoms with Crippen LogP contribution in [0.1, 0.15) is 44.6 Å². The maximum atomic E-state index is 14.1. The van der Waals surface area contributed by atoms with Gasteiger partial charge < -0.3 is 14.4 Å². The fraction of sp³-hybridized carbons (Fsp3) is 0.458. The number of nitrogens with zero attached hydrogens (tertiary/aromatic N) is 1. The van der Waals surface area contributed by atoms with Crippen molar-refractivity contribution >= 4 is 11.5 Å². The van der Waals surface area contributed by atoms with Gasteiger partial charge >= 0.3 is 0 Å². The van der Waals surface area contributed by atoms with Crippen LogP contribution in [0.3, 0.4) is 0 Å². The number of Topliss-reactive ketones (excluding diaryl/α,β-unsaturated/α-hetero) is 1. The Kier molecular flexibility index (Phi) is 5.74. The number of ketones is 1. The molecule has 0 radical (unpaired) electrons. The third-order valence-electron chi connectivity index (χ3n) is 5.72. The number of hydrogen-bond acceptors (Lipinski definition) is 4. The molecule has 2 aromatic rings. The highest BCUT2D eigenvalue weighted by atomic mass is 19.1. The summed E-state index contributed by atoms with van der Waals surface area (Å²) in [5.41, 5.74) is 2.33. The van der Waals surface area contributed by atoms with Gasteiger partial charge in [-0.2, -0.15) is 0 Å². The maximum Gasteiger partial charge on any atom is 0.168 e. The summed E-state index contributed by atoms with van der Waals surface area (Å²) in [4.78, 5) is 14.2. The van der Waals surface area contributed by atoms with Gasteiger partial charge in [-0.05, 0) is 55.5 Å². The minimum absolute atomic E-state index is 0.0304. The van der Waals surface area contributed by atoms with Gasteiger partial charge in [0.2, 0.25) is 0 Å². The molecule has 1 atom stereocenters. The summed E-state index contributed by atoms with van der Waals surface area (Å²) in [5.74, 6) is 1.38. The summed E-state index contributed by atoms with van der Waals surface area (Å²) in [6.45, 7) is 5.94. The van der Waals surface area contributed by atoms with E-state index in [2.05, 4.69) is 36.1 Å². The van der Waals surface area contributed by atoms with Crippen LogP contribution >= 0.6 is 0 Å². The molecule has 2 aliphatic rings. The molecule has 0 aromatic heterocycles. The Bertz CT molecular complexity index is 857. The number of carbonyl (C=O) groups is 1. The van der Waals surface area contributed by atoms with Crippen LogP contribution in [0.4, 0.5) is 10.1 Å². The molecule has 2 aromatic carbocycles. The lowest BCUT2D eigenvalue weighted by Crippen LogP contribution is -2.54. The molecule has 5 heteroatoms. The number of carbonyl (C=O) groups excluding carboxylic acids is 1. The zero-order valence-corrected chi connectivity index (χ0v) is 17.1. The Morgan fingerprint density at radius 1 is 1.17 bits per heavy atom. The van der Waals surface area contributed by atoms with E-state index in [4.69, 9.17) is 9.47 Å². The normalized spacial score (nSPS) is 17.6. The Hall–Kier alpha value is -2.56. The highest BCUT2D eigenvalue weighted by Gasteiger charge is 2.31. The molecule has 1 aliphatic carbocycles. The quantitative estimate of drug-likeness (QED) is 0.599. The third kappa shape index (κ3) is 4.72. The van der Waals surface area contributed by atoms with E-state index in [1.807, 2.05) is 6.92 Å². The Morgan fingerprint density at radius 3 is 2.52 bits per heavy atom. The van der Waals surface area contributed by atoms with Crippen molar-refractivity contribution in [3.8, 4) is 11.5 Å². The number of hydrogen-bond donors (Lipinski definition) is 0. The van der Waals surface area contributed by atoms with Crippen LogP contribution in [0, 0.1) is 11.7 Å². The molecule has 1 saturated carbocycles. The summed E-state index contributed by atoms with van der Waals surface area (Å²) in [7, 11) is 0. The van der Waals surface area contributed by atoms with Gasteiger partial charge in [-0.1, -0.05) is 19.1 Å². The van der Waals surface area contributed by atoms with Gasteiger partial charge in [0, 0.05) is 24.1 Å². The van der Waals surface area contributed by atoms with Crippen LogP contribution in [-0.2, 0) is 4.79 Å². The van der Waals surface area contributed by atoms with E-state index < -0.39 is 5.82 Å². The van der Waals surface area contributed by atoms with Gasteiger partial charge in [-0.15, -0.1) is 0 Å². The minimum Gasteiger partial charge on any atom is -0.494 e. The smallest absolute Gasteiger partial charge is 0.168 e. The topological polar surface area (TPSA) is 38.8 Å². The van der Waals surface area contributed by atoms with Crippen molar-refractivity contribution in [3.05, 3.63) is 53.8 Å². The molecule has 29 heavy (non-hydrogen) atoms. The monoisotopic (exact) mass is 397 g/mol.